The van der Waals surface area contributed by atoms with Gasteiger partial charge >= 0.3 is 12.1 Å². The average Bonchev–Trinajstić information content (AvgIpc) is 3.13. The molecule has 1 aromatic carbocycles. The van der Waals surface area contributed by atoms with Crippen LogP contribution in [-0.4, -0.2) is 62.2 Å². The third-order valence-corrected chi connectivity index (χ3v) is 5.61. The molecule has 0 bridgehead atoms. The topological polar surface area (TPSA) is 116 Å². The van der Waals surface area contributed by atoms with E-state index in [0.717, 1.165) is 6.26 Å². The van der Waals surface area contributed by atoms with Crippen molar-refractivity contribution in [1.82, 2.24) is 4.90 Å². The maximum Gasteiger partial charge on any atom is 0.411 e. The number of hydrogen-bond donors (Lipinski definition) is 0. The molecule has 1 amide bonds. The molecule has 1 aliphatic heterocycles. The molecule has 0 spiro atoms. The Kier molecular flexibility index (Phi) is 8.23. The van der Waals surface area contributed by atoms with Crippen LogP contribution >= 0.6 is 15.9 Å². The van der Waals surface area contributed by atoms with Crippen molar-refractivity contribution in [3.05, 3.63) is 33.8 Å². The highest BCUT2D eigenvalue weighted by atomic mass is 79.9. The predicted molar refractivity (Wildman–Crippen MR) is 115 cm³/mol. The maximum atomic E-state index is 12.5. The van der Waals surface area contributed by atoms with Crippen LogP contribution in [0.5, 0.6) is 0 Å². The fourth-order valence-corrected chi connectivity index (χ4v) is 3.60. The summed E-state index contributed by atoms with van der Waals surface area (Å²) in [5.41, 5.74) is -0.00229. The molecule has 1 fully saturated rings. The van der Waals surface area contributed by atoms with Gasteiger partial charge in [-0.1, -0.05) is 22.0 Å². The van der Waals surface area contributed by atoms with Crippen molar-refractivity contribution in [3.63, 3.8) is 0 Å². The summed E-state index contributed by atoms with van der Waals surface area (Å²) in [5.74, 6) is -1.14. The van der Waals surface area contributed by atoms with Gasteiger partial charge in [0, 0.05) is 16.6 Å². The average molecular weight is 520 g/mol. The second-order valence-electron chi connectivity index (χ2n) is 8.14. The molecule has 1 aliphatic rings. The molecule has 1 aromatic rings. The number of ketones is 1. The van der Waals surface area contributed by atoms with Crippen LogP contribution in [0.15, 0.2) is 22.7 Å². The Bertz CT molecular complexity index is 954. The highest BCUT2D eigenvalue weighted by molar-refractivity contribution is 9.10. The standard InChI is InChI=1S/C20H26BrNO8S/c1-20(2,3)30-19(25)22-9-5-6-16(22)18(24)28-12-17(23)13-7-8-15(21)14(10-13)11-29-31(4,26)27/h7-8,10,16H,5-6,9,11-12H2,1-4H3. The molecule has 11 heteroatoms. The predicted octanol–water partition coefficient (Wildman–Crippen LogP) is 3.05. The summed E-state index contributed by atoms with van der Waals surface area (Å²) < 4.78 is 38.2. The molecule has 1 heterocycles. The van der Waals surface area contributed by atoms with Crippen molar-refractivity contribution < 1.29 is 36.5 Å². The van der Waals surface area contributed by atoms with E-state index in [-0.39, 0.29) is 12.2 Å². The van der Waals surface area contributed by atoms with E-state index in [1.54, 1.807) is 26.8 Å². The minimum Gasteiger partial charge on any atom is -0.456 e. The van der Waals surface area contributed by atoms with E-state index < -0.39 is 46.2 Å². The number of hydrogen-bond acceptors (Lipinski definition) is 8. The summed E-state index contributed by atoms with van der Waals surface area (Å²) in [5, 5.41) is 0. The van der Waals surface area contributed by atoms with E-state index in [1.165, 1.54) is 17.0 Å². The highest BCUT2D eigenvalue weighted by Crippen LogP contribution is 2.23. The quantitative estimate of drug-likeness (QED) is 0.306. The van der Waals surface area contributed by atoms with Gasteiger partial charge in [0.15, 0.2) is 12.4 Å². The Hall–Kier alpha value is -1.98. The van der Waals surface area contributed by atoms with Crippen LogP contribution in [0.3, 0.4) is 0 Å². The number of esters is 1. The van der Waals surface area contributed by atoms with Crippen LogP contribution in [0.25, 0.3) is 0 Å². The third-order valence-electron chi connectivity index (χ3n) is 4.29. The van der Waals surface area contributed by atoms with Gasteiger partial charge in [-0.3, -0.25) is 13.9 Å². The van der Waals surface area contributed by atoms with Gasteiger partial charge in [0.1, 0.15) is 11.6 Å². The Labute approximate surface area is 190 Å². The van der Waals surface area contributed by atoms with Gasteiger partial charge < -0.3 is 9.47 Å². The van der Waals surface area contributed by atoms with Gasteiger partial charge in [0.05, 0.1) is 12.9 Å². The van der Waals surface area contributed by atoms with Gasteiger partial charge in [-0.05, 0) is 51.3 Å². The second-order valence-corrected chi connectivity index (χ2v) is 10.6. The summed E-state index contributed by atoms with van der Waals surface area (Å²) in [4.78, 5) is 38.6. The summed E-state index contributed by atoms with van der Waals surface area (Å²) in [6.07, 6.45) is 1.39. The summed E-state index contributed by atoms with van der Waals surface area (Å²) in [6.45, 7) is 4.83. The van der Waals surface area contributed by atoms with Crippen LogP contribution in [0, 0.1) is 0 Å². The lowest BCUT2D eigenvalue weighted by molar-refractivity contribution is -0.147. The van der Waals surface area contributed by atoms with Crippen molar-refractivity contribution in [1.29, 1.82) is 0 Å². The Morgan fingerprint density at radius 2 is 1.90 bits per heavy atom. The van der Waals surface area contributed by atoms with Crippen LogP contribution in [0.2, 0.25) is 0 Å². The summed E-state index contributed by atoms with van der Waals surface area (Å²) in [7, 11) is -3.64. The Balaban J connectivity index is 1.99. The molecular formula is C20H26BrNO8S. The van der Waals surface area contributed by atoms with E-state index in [4.69, 9.17) is 13.7 Å². The number of nitrogens with zero attached hydrogens (tertiary/aromatic N) is 1. The number of ether oxygens (including phenoxy) is 2. The lowest BCUT2D eigenvalue weighted by Crippen LogP contribution is -2.44. The van der Waals surface area contributed by atoms with Crippen molar-refractivity contribution in [2.75, 3.05) is 19.4 Å². The van der Waals surface area contributed by atoms with Crippen molar-refractivity contribution >= 4 is 43.9 Å². The maximum absolute atomic E-state index is 12.5. The first-order chi connectivity index (χ1) is 14.3. The second kappa shape index (κ2) is 10.1. The van der Waals surface area contributed by atoms with E-state index in [9.17, 15) is 22.8 Å². The van der Waals surface area contributed by atoms with Gasteiger partial charge in [-0.25, -0.2) is 9.59 Å². The molecular weight excluding hydrogens is 494 g/mol. The zero-order chi connectivity index (χ0) is 23.4. The molecule has 172 valence electrons. The summed E-state index contributed by atoms with van der Waals surface area (Å²) >= 11 is 3.27. The largest absolute Gasteiger partial charge is 0.456 e. The Morgan fingerprint density at radius 1 is 1.23 bits per heavy atom. The first kappa shape index (κ1) is 25.3. The van der Waals surface area contributed by atoms with Crippen molar-refractivity contribution in [2.24, 2.45) is 0 Å². The number of carbonyl (C=O) groups excluding carboxylic acids is 3. The van der Waals surface area contributed by atoms with E-state index in [1.807, 2.05) is 0 Å². The van der Waals surface area contributed by atoms with Crippen molar-refractivity contribution in [2.45, 2.75) is 51.9 Å². The van der Waals surface area contributed by atoms with E-state index in [0.29, 0.717) is 29.4 Å². The molecule has 9 nitrogen and oxygen atoms in total. The first-order valence-electron chi connectivity index (χ1n) is 9.59. The number of likely N-dealkylation sites (tertiary alicyclic amines) is 1. The van der Waals surface area contributed by atoms with Gasteiger partial charge in [-0.15, -0.1) is 0 Å². The molecule has 1 saturated heterocycles. The lowest BCUT2D eigenvalue weighted by Gasteiger charge is -2.27. The smallest absolute Gasteiger partial charge is 0.411 e. The number of Topliss-reactive ketones (excluding diaryl/α,β-unsaturated/α-hetero) is 1. The number of halogens is 1. The first-order valence-corrected chi connectivity index (χ1v) is 12.2. The molecule has 1 atom stereocenters. The SMILES string of the molecule is CC(C)(C)OC(=O)N1CCCC1C(=O)OCC(=O)c1ccc(Br)c(COS(C)(=O)=O)c1. The fraction of sp³-hybridized carbons (Fsp3) is 0.550. The molecule has 0 aliphatic carbocycles. The van der Waals surface area contributed by atoms with E-state index in [2.05, 4.69) is 15.9 Å². The minimum atomic E-state index is -3.64. The number of amides is 1. The minimum absolute atomic E-state index is 0.235. The fourth-order valence-electron chi connectivity index (χ4n) is 2.90. The number of carbonyl (C=O) groups is 3. The van der Waals surface area contributed by atoms with Crippen LogP contribution in [-0.2, 0) is 35.2 Å². The van der Waals surface area contributed by atoms with Gasteiger partial charge in [0.25, 0.3) is 10.1 Å². The Morgan fingerprint density at radius 3 is 2.52 bits per heavy atom. The monoisotopic (exact) mass is 519 g/mol. The van der Waals surface area contributed by atoms with Crippen LogP contribution in [0.4, 0.5) is 4.79 Å². The molecule has 0 saturated carbocycles. The zero-order valence-electron chi connectivity index (χ0n) is 17.8. The van der Waals surface area contributed by atoms with Crippen LogP contribution in [0.1, 0.15) is 49.5 Å². The molecule has 31 heavy (non-hydrogen) atoms. The molecule has 2 rings (SSSR count). The molecule has 0 aromatic heterocycles. The zero-order valence-corrected chi connectivity index (χ0v) is 20.2. The third kappa shape index (κ3) is 7.89. The van der Waals surface area contributed by atoms with Crippen LogP contribution < -0.4 is 0 Å². The normalized spacial score (nSPS) is 16.8. The lowest BCUT2D eigenvalue weighted by atomic mass is 10.1. The summed E-state index contributed by atoms with van der Waals surface area (Å²) in [6, 6.07) is 3.77. The molecule has 0 N–H and O–H groups in total. The van der Waals surface area contributed by atoms with E-state index >= 15 is 0 Å². The molecule has 1 unspecified atom stereocenters. The molecule has 0 radical (unpaired) electrons. The number of benzene rings is 1. The van der Waals surface area contributed by atoms with Crippen molar-refractivity contribution in [3.8, 4) is 0 Å². The van der Waals surface area contributed by atoms with Gasteiger partial charge in [0.2, 0.25) is 0 Å². The van der Waals surface area contributed by atoms with Gasteiger partial charge in [-0.2, -0.15) is 8.42 Å². The number of rotatable bonds is 7. The highest BCUT2D eigenvalue weighted by Gasteiger charge is 2.37.